The number of nitrogens with zero attached hydrogens (tertiary/aromatic N) is 1. The summed E-state index contributed by atoms with van der Waals surface area (Å²) in [7, 11) is 0. The highest BCUT2D eigenvalue weighted by atomic mass is 16.4. The average molecular weight is 311 g/mol. The highest BCUT2D eigenvalue weighted by molar-refractivity contribution is 5.98. The van der Waals surface area contributed by atoms with Crippen LogP contribution in [0.15, 0.2) is 33.5 Å². The van der Waals surface area contributed by atoms with Gasteiger partial charge >= 0.3 is 5.97 Å². The first-order valence-corrected chi connectivity index (χ1v) is 7.15. The zero-order chi connectivity index (χ0) is 16.1. The van der Waals surface area contributed by atoms with Gasteiger partial charge in [-0.1, -0.05) is 6.07 Å². The summed E-state index contributed by atoms with van der Waals surface area (Å²) < 4.78 is 5.63. The summed E-state index contributed by atoms with van der Waals surface area (Å²) in [6.45, 7) is 1.76. The van der Waals surface area contributed by atoms with E-state index >= 15 is 0 Å². The van der Waals surface area contributed by atoms with Crippen LogP contribution < -0.4 is 16.5 Å². The Bertz CT molecular complexity index is 1020. The monoisotopic (exact) mass is 311 g/mol. The maximum atomic E-state index is 12.7. The standard InChI is InChI=1S/C16H13N3O4/c17-14-11(16(21)22)4-10-13(20)9-3-7(8-5-18-6-8)1-2-12(9)23-15(10)19-14/h1-4,8,18H,5-6H2,(H2,17,19)(H,21,22). The van der Waals surface area contributed by atoms with E-state index in [1.807, 2.05) is 12.1 Å². The molecule has 0 atom stereocenters. The molecule has 4 rings (SSSR count). The van der Waals surface area contributed by atoms with Crippen LogP contribution in [0.4, 0.5) is 5.82 Å². The van der Waals surface area contributed by atoms with E-state index in [9.17, 15) is 9.59 Å². The predicted octanol–water partition coefficient (Wildman–Crippen LogP) is 1.31. The van der Waals surface area contributed by atoms with Crippen molar-refractivity contribution in [3.8, 4) is 0 Å². The number of fused-ring (bicyclic) bond motifs is 2. The van der Waals surface area contributed by atoms with Crippen LogP contribution in [-0.2, 0) is 0 Å². The molecule has 1 fully saturated rings. The summed E-state index contributed by atoms with van der Waals surface area (Å²) >= 11 is 0. The summed E-state index contributed by atoms with van der Waals surface area (Å²) in [4.78, 5) is 27.8. The lowest BCUT2D eigenvalue weighted by atomic mass is 9.93. The molecule has 23 heavy (non-hydrogen) atoms. The molecule has 0 bridgehead atoms. The second-order valence-electron chi connectivity index (χ2n) is 5.62. The number of anilines is 1. The molecule has 0 radical (unpaired) electrons. The molecule has 7 nitrogen and oxygen atoms in total. The molecule has 7 heteroatoms. The van der Waals surface area contributed by atoms with Crippen LogP contribution in [0.2, 0.25) is 0 Å². The van der Waals surface area contributed by atoms with Gasteiger partial charge in [-0.3, -0.25) is 4.79 Å². The Balaban J connectivity index is 2.02. The number of carbonyl (C=O) groups is 1. The molecule has 0 spiro atoms. The number of benzene rings is 1. The van der Waals surface area contributed by atoms with Crippen LogP contribution in [-0.4, -0.2) is 29.1 Å². The molecular formula is C16H13N3O4. The molecule has 0 aliphatic carbocycles. The number of aromatic nitrogens is 1. The van der Waals surface area contributed by atoms with E-state index in [4.69, 9.17) is 15.3 Å². The van der Waals surface area contributed by atoms with Gasteiger partial charge in [-0.25, -0.2) is 4.79 Å². The van der Waals surface area contributed by atoms with Crippen molar-refractivity contribution in [2.24, 2.45) is 0 Å². The molecule has 0 unspecified atom stereocenters. The van der Waals surface area contributed by atoms with E-state index in [0.717, 1.165) is 18.7 Å². The number of rotatable bonds is 2. The lowest BCUT2D eigenvalue weighted by molar-refractivity contribution is 0.0698. The van der Waals surface area contributed by atoms with E-state index in [1.165, 1.54) is 6.07 Å². The smallest absolute Gasteiger partial charge is 0.339 e. The largest absolute Gasteiger partial charge is 0.478 e. The Labute approximate surface area is 129 Å². The summed E-state index contributed by atoms with van der Waals surface area (Å²) in [5, 5.41) is 12.9. The normalized spacial score (nSPS) is 15.0. The molecular weight excluding hydrogens is 298 g/mol. The number of nitrogen functional groups attached to an aromatic ring is 1. The number of hydrogen-bond donors (Lipinski definition) is 3. The molecule has 3 aromatic rings. The van der Waals surface area contributed by atoms with Gasteiger partial charge < -0.3 is 20.6 Å². The number of aromatic carboxylic acids is 1. The van der Waals surface area contributed by atoms with Gasteiger partial charge in [0.25, 0.3) is 0 Å². The minimum atomic E-state index is -1.23. The van der Waals surface area contributed by atoms with Crippen molar-refractivity contribution in [2.75, 3.05) is 18.8 Å². The third-order valence-corrected chi connectivity index (χ3v) is 4.20. The van der Waals surface area contributed by atoms with Gasteiger partial charge in [-0.15, -0.1) is 0 Å². The van der Waals surface area contributed by atoms with Crippen molar-refractivity contribution >= 4 is 33.9 Å². The fourth-order valence-corrected chi connectivity index (χ4v) is 2.76. The number of pyridine rings is 1. The Hall–Kier alpha value is -2.93. The quantitative estimate of drug-likeness (QED) is 0.610. The Kier molecular flexibility index (Phi) is 2.85. The van der Waals surface area contributed by atoms with Gasteiger partial charge in [-0.05, 0) is 23.8 Å². The number of nitrogens with one attached hydrogen (secondary N) is 1. The van der Waals surface area contributed by atoms with Crippen molar-refractivity contribution in [3.63, 3.8) is 0 Å². The van der Waals surface area contributed by atoms with Crippen molar-refractivity contribution in [2.45, 2.75) is 5.92 Å². The van der Waals surface area contributed by atoms with Gasteiger partial charge in [0.05, 0.1) is 10.8 Å². The van der Waals surface area contributed by atoms with E-state index in [2.05, 4.69) is 10.3 Å². The third kappa shape index (κ3) is 2.05. The first kappa shape index (κ1) is 13.7. The molecule has 116 valence electrons. The van der Waals surface area contributed by atoms with Crippen LogP contribution in [0, 0.1) is 0 Å². The number of nitrogens with two attached hydrogens (primary N) is 1. The summed E-state index contributed by atoms with van der Waals surface area (Å²) in [6, 6.07) is 6.70. The molecule has 0 amide bonds. The minimum Gasteiger partial charge on any atom is -0.478 e. The number of carboxylic acid groups (broad SMARTS) is 1. The second kappa shape index (κ2) is 4.79. The fourth-order valence-electron chi connectivity index (χ4n) is 2.76. The predicted molar refractivity (Wildman–Crippen MR) is 84.8 cm³/mol. The van der Waals surface area contributed by atoms with Gasteiger partial charge in [0, 0.05) is 19.0 Å². The van der Waals surface area contributed by atoms with Crippen molar-refractivity contribution in [3.05, 3.63) is 45.6 Å². The zero-order valence-corrected chi connectivity index (χ0v) is 12.0. The minimum absolute atomic E-state index is 0.0445. The third-order valence-electron chi connectivity index (χ3n) is 4.20. The average Bonchev–Trinajstić information content (AvgIpc) is 2.45. The van der Waals surface area contributed by atoms with Gasteiger partial charge in [-0.2, -0.15) is 4.98 Å². The van der Waals surface area contributed by atoms with Crippen LogP contribution >= 0.6 is 0 Å². The molecule has 1 aliphatic rings. The van der Waals surface area contributed by atoms with E-state index in [-0.39, 0.29) is 27.9 Å². The lowest BCUT2D eigenvalue weighted by Gasteiger charge is -2.27. The maximum absolute atomic E-state index is 12.7. The molecule has 4 N–H and O–H groups in total. The molecule has 0 saturated carbocycles. The van der Waals surface area contributed by atoms with Crippen LogP contribution in [0.25, 0.3) is 22.1 Å². The van der Waals surface area contributed by atoms with E-state index in [1.54, 1.807) is 6.07 Å². The maximum Gasteiger partial charge on any atom is 0.339 e. The summed E-state index contributed by atoms with van der Waals surface area (Å²) in [6.07, 6.45) is 0. The second-order valence-corrected chi connectivity index (χ2v) is 5.62. The van der Waals surface area contributed by atoms with E-state index < -0.39 is 5.97 Å². The molecule has 2 aromatic heterocycles. The number of hydrogen-bond acceptors (Lipinski definition) is 6. The highest BCUT2D eigenvalue weighted by Crippen LogP contribution is 2.25. The summed E-state index contributed by atoms with van der Waals surface area (Å²) in [5.41, 5.74) is 6.62. The Morgan fingerprint density at radius 2 is 2.09 bits per heavy atom. The topological polar surface area (TPSA) is 118 Å². The zero-order valence-electron chi connectivity index (χ0n) is 12.0. The first-order chi connectivity index (χ1) is 11.0. The Morgan fingerprint density at radius 1 is 1.30 bits per heavy atom. The van der Waals surface area contributed by atoms with E-state index in [0.29, 0.717) is 16.9 Å². The molecule has 1 saturated heterocycles. The fraction of sp³-hybridized carbons (Fsp3) is 0.188. The van der Waals surface area contributed by atoms with Crippen molar-refractivity contribution in [1.29, 1.82) is 0 Å². The van der Waals surface area contributed by atoms with Gasteiger partial charge in [0.1, 0.15) is 17.0 Å². The van der Waals surface area contributed by atoms with Gasteiger partial charge in [0.15, 0.2) is 0 Å². The van der Waals surface area contributed by atoms with Crippen molar-refractivity contribution < 1.29 is 14.3 Å². The van der Waals surface area contributed by atoms with Gasteiger partial charge in [0.2, 0.25) is 11.1 Å². The highest BCUT2D eigenvalue weighted by Gasteiger charge is 2.21. The first-order valence-electron chi connectivity index (χ1n) is 7.15. The SMILES string of the molecule is Nc1nc2oc3ccc(C4CNC4)cc3c(=O)c2cc1C(=O)O. The molecule has 3 heterocycles. The lowest BCUT2D eigenvalue weighted by Crippen LogP contribution is -2.39. The van der Waals surface area contributed by atoms with Crippen LogP contribution in [0.5, 0.6) is 0 Å². The van der Waals surface area contributed by atoms with Crippen molar-refractivity contribution in [1.82, 2.24) is 10.3 Å². The summed E-state index contributed by atoms with van der Waals surface area (Å²) in [5.74, 6) is -1.02. The van der Waals surface area contributed by atoms with Crippen LogP contribution in [0.3, 0.4) is 0 Å². The molecule has 1 aliphatic heterocycles. The van der Waals surface area contributed by atoms with Crippen LogP contribution in [0.1, 0.15) is 21.8 Å². The number of carboxylic acids is 1. The Morgan fingerprint density at radius 3 is 2.74 bits per heavy atom. The molecule has 1 aromatic carbocycles.